The zero-order valence-electron chi connectivity index (χ0n) is 12.9. The van der Waals surface area contributed by atoms with Crippen LogP contribution in [-0.4, -0.2) is 24.2 Å². The third-order valence-corrected chi connectivity index (χ3v) is 4.09. The summed E-state index contributed by atoms with van der Waals surface area (Å²) in [6.45, 7) is 9.45. The molecule has 1 aromatic carbocycles. The Hall–Kier alpha value is -0.730. The van der Waals surface area contributed by atoms with Crippen molar-refractivity contribution in [1.29, 1.82) is 0 Å². The summed E-state index contributed by atoms with van der Waals surface area (Å²) in [5.74, 6) is 0.957. The van der Waals surface area contributed by atoms with Crippen LogP contribution in [0.3, 0.4) is 0 Å². The fourth-order valence-corrected chi connectivity index (χ4v) is 2.87. The van der Waals surface area contributed by atoms with Gasteiger partial charge in [-0.25, -0.2) is 0 Å². The zero-order chi connectivity index (χ0) is 14.8. The van der Waals surface area contributed by atoms with Gasteiger partial charge in [0.15, 0.2) is 0 Å². The minimum atomic E-state index is 0.0182. The second-order valence-corrected chi connectivity index (χ2v) is 7.05. The molecule has 3 atom stereocenters. The molecule has 0 spiro atoms. The standard InChI is InChI=1S/C17H25ClO2/c1-5-10-19-16-13(18)11-15(16)20-14-9-7-6-8-12(14)17(2,3)4/h6-9,13,15-16H,5,10-11H2,1-4H3. The summed E-state index contributed by atoms with van der Waals surface area (Å²) in [6, 6.07) is 8.25. The zero-order valence-corrected chi connectivity index (χ0v) is 13.6. The van der Waals surface area contributed by atoms with Gasteiger partial charge in [-0.2, -0.15) is 0 Å². The molecule has 0 radical (unpaired) electrons. The van der Waals surface area contributed by atoms with Gasteiger partial charge in [-0.1, -0.05) is 45.9 Å². The number of rotatable bonds is 5. The van der Waals surface area contributed by atoms with Gasteiger partial charge in [-0.05, 0) is 23.5 Å². The predicted octanol–water partition coefficient (Wildman–Crippen LogP) is 4.54. The van der Waals surface area contributed by atoms with E-state index in [1.54, 1.807) is 0 Å². The number of para-hydroxylation sites is 1. The first-order valence-electron chi connectivity index (χ1n) is 7.45. The lowest BCUT2D eigenvalue weighted by molar-refractivity contribution is -0.0802. The molecule has 0 bridgehead atoms. The van der Waals surface area contributed by atoms with Crippen LogP contribution >= 0.6 is 11.6 Å². The summed E-state index contributed by atoms with van der Waals surface area (Å²) in [5, 5.41) is 0.0772. The molecular formula is C17H25ClO2. The van der Waals surface area contributed by atoms with Crippen LogP contribution in [0.25, 0.3) is 0 Å². The van der Waals surface area contributed by atoms with Crippen LogP contribution in [0.15, 0.2) is 24.3 Å². The van der Waals surface area contributed by atoms with Crippen LogP contribution in [0.5, 0.6) is 5.75 Å². The van der Waals surface area contributed by atoms with Crippen molar-refractivity contribution >= 4 is 11.6 Å². The summed E-state index contributed by atoms with van der Waals surface area (Å²) >= 11 is 6.24. The normalized spacial score (nSPS) is 26.1. The number of hydrogen-bond donors (Lipinski definition) is 0. The molecule has 20 heavy (non-hydrogen) atoms. The highest BCUT2D eigenvalue weighted by atomic mass is 35.5. The van der Waals surface area contributed by atoms with Gasteiger partial charge in [-0.15, -0.1) is 11.6 Å². The largest absolute Gasteiger partial charge is 0.487 e. The molecule has 2 nitrogen and oxygen atoms in total. The Balaban J connectivity index is 2.07. The molecule has 0 aliphatic heterocycles. The SMILES string of the molecule is CCCOC1C(Cl)CC1Oc1ccccc1C(C)(C)C. The molecule has 0 heterocycles. The molecule has 1 fully saturated rings. The highest BCUT2D eigenvalue weighted by Crippen LogP contribution is 2.37. The molecule has 1 aliphatic carbocycles. The molecule has 2 rings (SSSR count). The average molecular weight is 297 g/mol. The average Bonchev–Trinajstić information content (AvgIpc) is 2.38. The predicted molar refractivity (Wildman–Crippen MR) is 83.8 cm³/mol. The molecule has 0 N–H and O–H groups in total. The van der Waals surface area contributed by atoms with Gasteiger partial charge in [0.1, 0.15) is 18.0 Å². The van der Waals surface area contributed by atoms with Crippen molar-refractivity contribution in [3.05, 3.63) is 29.8 Å². The summed E-state index contributed by atoms with van der Waals surface area (Å²) in [4.78, 5) is 0. The van der Waals surface area contributed by atoms with Gasteiger partial charge in [0, 0.05) is 13.0 Å². The number of hydrogen-bond acceptors (Lipinski definition) is 2. The molecule has 0 aromatic heterocycles. The van der Waals surface area contributed by atoms with Crippen LogP contribution in [0.1, 0.15) is 46.1 Å². The summed E-state index contributed by atoms with van der Waals surface area (Å²) in [6.07, 6.45) is 1.96. The first-order chi connectivity index (χ1) is 9.43. The van der Waals surface area contributed by atoms with Crippen LogP contribution in [0.2, 0.25) is 0 Å². The molecule has 3 heteroatoms. The van der Waals surface area contributed by atoms with Gasteiger partial charge < -0.3 is 9.47 Å². The molecule has 112 valence electrons. The van der Waals surface area contributed by atoms with Gasteiger partial charge in [0.2, 0.25) is 0 Å². The highest BCUT2D eigenvalue weighted by molar-refractivity contribution is 6.21. The third kappa shape index (κ3) is 3.48. The molecule has 0 saturated heterocycles. The van der Waals surface area contributed by atoms with Crippen LogP contribution in [0.4, 0.5) is 0 Å². The van der Waals surface area contributed by atoms with Crippen molar-refractivity contribution in [1.82, 2.24) is 0 Å². The third-order valence-electron chi connectivity index (χ3n) is 3.67. The van der Waals surface area contributed by atoms with Crippen molar-refractivity contribution in [2.75, 3.05) is 6.61 Å². The van der Waals surface area contributed by atoms with E-state index in [1.807, 2.05) is 12.1 Å². The Bertz CT molecular complexity index is 439. The van der Waals surface area contributed by atoms with E-state index in [0.717, 1.165) is 25.2 Å². The Labute approximate surface area is 127 Å². The van der Waals surface area contributed by atoms with Crippen molar-refractivity contribution < 1.29 is 9.47 Å². The molecule has 0 amide bonds. The minimum Gasteiger partial charge on any atom is -0.487 e. The first kappa shape index (κ1) is 15.7. The van der Waals surface area contributed by atoms with E-state index in [9.17, 15) is 0 Å². The van der Waals surface area contributed by atoms with Crippen LogP contribution in [-0.2, 0) is 10.2 Å². The number of halogens is 1. The van der Waals surface area contributed by atoms with Crippen LogP contribution in [0, 0.1) is 0 Å². The maximum Gasteiger partial charge on any atom is 0.128 e. The fourth-order valence-electron chi connectivity index (χ4n) is 2.46. The monoisotopic (exact) mass is 296 g/mol. The van der Waals surface area contributed by atoms with Gasteiger partial charge in [-0.3, -0.25) is 0 Å². The second-order valence-electron chi connectivity index (χ2n) is 6.49. The van der Waals surface area contributed by atoms with Crippen molar-refractivity contribution in [2.45, 2.75) is 63.5 Å². The van der Waals surface area contributed by atoms with Crippen molar-refractivity contribution in [3.8, 4) is 5.75 Å². The number of ether oxygens (including phenoxy) is 2. The molecular weight excluding hydrogens is 272 g/mol. The molecule has 1 aliphatic rings. The summed E-state index contributed by atoms with van der Waals surface area (Å²) < 4.78 is 12.0. The lowest BCUT2D eigenvalue weighted by Gasteiger charge is -2.41. The summed E-state index contributed by atoms with van der Waals surface area (Å²) in [7, 11) is 0. The van der Waals surface area contributed by atoms with E-state index in [1.165, 1.54) is 5.56 Å². The van der Waals surface area contributed by atoms with Gasteiger partial charge >= 0.3 is 0 Å². The Morgan fingerprint density at radius 3 is 2.55 bits per heavy atom. The van der Waals surface area contributed by atoms with Crippen molar-refractivity contribution in [3.63, 3.8) is 0 Å². The second kappa shape index (κ2) is 6.36. The lowest BCUT2D eigenvalue weighted by Crippen LogP contribution is -2.52. The topological polar surface area (TPSA) is 18.5 Å². The van der Waals surface area contributed by atoms with Gasteiger partial charge in [0.25, 0.3) is 0 Å². The molecule has 3 unspecified atom stereocenters. The Morgan fingerprint density at radius 2 is 1.95 bits per heavy atom. The number of alkyl halides is 1. The summed E-state index contributed by atoms with van der Waals surface area (Å²) in [5.41, 5.74) is 1.30. The Kier molecular flexibility index (Phi) is 4.98. The maximum atomic E-state index is 6.24. The number of benzene rings is 1. The van der Waals surface area contributed by atoms with Gasteiger partial charge in [0.05, 0.1) is 5.38 Å². The smallest absolute Gasteiger partial charge is 0.128 e. The lowest BCUT2D eigenvalue weighted by atomic mass is 9.86. The quantitative estimate of drug-likeness (QED) is 0.743. The Morgan fingerprint density at radius 1 is 1.25 bits per heavy atom. The van der Waals surface area contributed by atoms with Crippen molar-refractivity contribution in [2.24, 2.45) is 0 Å². The van der Waals surface area contributed by atoms with Crippen LogP contribution < -0.4 is 4.74 Å². The van der Waals surface area contributed by atoms with E-state index in [4.69, 9.17) is 21.1 Å². The minimum absolute atomic E-state index is 0.0182. The maximum absolute atomic E-state index is 6.24. The highest BCUT2D eigenvalue weighted by Gasteiger charge is 2.43. The van der Waals surface area contributed by atoms with E-state index < -0.39 is 0 Å². The fraction of sp³-hybridized carbons (Fsp3) is 0.647. The first-order valence-corrected chi connectivity index (χ1v) is 7.89. The van der Waals surface area contributed by atoms with E-state index in [-0.39, 0.29) is 23.0 Å². The van der Waals surface area contributed by atoms with E-state index >= 15 is 0 Å². The molecule has 1 aromatic rings. The van der Waals surface area contributed by atoms with E-state index in [0.29, 0.717) is 0 Å². The molecule has 1 saturated carbocycles. The van der Waals surface area contributed by atoms with E-state index in [2.05, 4.69) is 39.8 Å².